The highest BCUT2D eigenvalue weighted by Crippen LogP contribution is 2.28. The van der Waals surface area contributed by atoms with E-state index in [2.05, 4.69) is 40.0 Å². The number of carbonyl (C=O) groups excluding carboxylic acids is 1. The number of hydrogen-bond donors (Lipinski definition) is 2. The van der Waals surface area contributed by atoms with Gasteiger partial charge in [0.15, 0.2) is 5.82 Å². The van der Waals surface area contributed by atoms with Crippen molar-refractivity contribution in [3.63, 3.8) is 0 Å². The van der Waals surface area contributed by atoms with Crippen LogP contribution in [0.2, 0.25) is 0 Å². The normalized spacial score (nSPS) is 23.9. The summed E-state index contributed by atoms with van der Waals surface area (Å²) in [5, 5.41) is 17.3. The van der Waals surface area contributed by atoms with Crippen LogP contribution in [0.4, 0.5) is 4.79 Å². The Morgan fingerprint density at radius 1 is 1.23 bits per heavy atom. The van der Waals surface area contributed by atoms with Crippen molar-refractivity contribution in [2.24, 2.45) is 18.9 Å². The van der Waals surface area contributed by atoms with E-state index in [1.807, 2.05) is 6.92 Å². The van der Waals surface area contributed by atoms with Gasteiger partial charge in [-0.25, -0.2) is 9.48 Å². The molecule has 0 spiro atoms. The fourth-order valence-electron chi connectivity index (χ4n) is 3.23. The maximum atomic E-state index is 12.2. The average Bonchev–Trinajstić information content (AvgIpc) is 2.73. The third-order valence-electron chi connectivity index (χ3n) is 4.68. The lowest BCUT2D eigenvalue weighted by Gasteiger charge is -2.20. The van der Waals surface area contributed by atoms with Crippen LogP contribution in [0.25, 0.3) is 0 Å². The van der Waals surface area contributed by atoms with Crippen LogP contribution >= 0.6 is 0 Å². The van der Waals surface area contributed by atoms with E-state index in [9.17, 15) is 4.79 Å². The molecule has 0 radical (unpaired) electrons. The summed E-state index contributed by atoms with van der Waals surface area (Å²) in [4.78, 5) is 12.2. The fourth-order valence-corrected chi connectivity index (χ4v) is 3.23. The molecule has 1 saturated carbocycles. The highest BCUT2D eigenvalue weighted by Gasteiger charge is 2.23. The van der Waals surface area contributed by atoms with E-state index >= 15 is 0 Å². The lowest BCUT2D eigenvalue weighted by Crippen LogP contribution is -2.43. The summed E-state index contributed by atoms with van der Waals surface area (Å²) < 4.78 is 1.57. The number of tetrazole rings is 1. The zero-order valence-corrected chi connectivity index (χ0v) is 14.0. The van der Waals surface area contributed by atoms with Crippen molar-refractivity contribution in [3.8, 4) is 0 Å². The second-order valence-electron chi connectivity index (χ2n) is 6.71. The molecule has 3 atom stereocenters. The fraction of sp³-hybridized carbons (Fsp3) is 0.867. The highest BCUT2D eigenvalue weighted by molar-refractivity contribution is 5.74. The van der Waals surface area contributed by atoms with Crippen molar-refractivity contribution >= 4 is 6.03 Å². The molecule has 1 aromatic heterocycles. The van der Waals surface area contributed by atoms with E-state index in [4.69, 9.17) is 0 Å². The molecular weight excluding hydrogens is 280 g/mol. The van der Waals surface area contributed by atoms with Gasteiger partial charge in [-0.1, -0.05) is 26.7 Å². The predicted molar refractivity (Wildman–Crippen MR) is 84.1 cm³/mol. The van der Waals surface area contributed by atoms with Crippen molar-refractivity contribution in [1.82, 2.24) is 30.8 Å². The summed E-state index contributed by atoms with van der Waals surface area (Å²) in [6, 6.07) is -0.0775. The van der Waals surface area contributed by atoms with E-state index < -0.39 is 0 Å². The monoisotopic (exact) mass is 308 g/mol. The Bertz CT molecular complexity index is 486. The SMILES string of the molecule is CC(NC(=O)NC1CCCC(C(C)C)CC1)c1nnnn1C. The zero-order chi connectivity index (χ0) is 16.1. The molecule has 0 saturated heterocycles. The Morgan fingerprint density at radius 3 is 2.64 bits per heavy atom. The van der Waals surface area contributed by atoms with Gasteiger partial charge in [-0.3, -0.25) is 0 Å². The lowest BCUT2D eigenvalue weighted by molar-refractivity contribution is 0.231. The van der Waals surface area contributed by atoms with Gasteiger partial charge in [0.1, 0.15) is 0 Å². The minimum Gasteiger partial charge on any atom is -0.335 e. The van der Waals surface area contributed by atoms with Crippen molar-refractivity contribution < 1.29 is 4.79 Å². The summed E-state index contributed by atoms with van der Waals surface area (Å²) in [6.45, 7) is 6.47. The average molecular weight is 308 g/mol. The van der Waals surface area contributed by atoms with E-state index in [-0.39, 0.29) is 18.1 Å². The van der Waals surface area contributed by atoms with Crippen LogP contribution in [0.15, 0.2) is 0 Å². The molecule has 1 aliphatic carbocycles. The van der Waals surface area contributed by atoms with Gasteiger partial charge in [-0.2, -0.15) is 0 Å². The van der Waals surface area contributed by atoms with E-state index in [1.54, 1.807) is 11.7 Å². The van der Waals surface area contributed by atoms with Crippen molar-refractivity contribution in [2.45, 2.75) is 65.0 Å². The first kappa shape index (κ1) is 16.7. The van der Waals surface area contributed by atoms with Crippen LogP contribution in [-0.2, 0) is 7.05 Å². The highest BCUT2D eigenvalue weighted by atomic mass is 16.2. The molecule has 1 aromatic rings. The molecule has 1 heterocycles. The van der Waals surface area contributed by atoms with Gasteiger partial charge >= 0.3 is 6.03 Å². The van der Waals surface area contributed by atoms with E-state index in [0.29, 0.717) is 5.82 Å². The molecule has 0 aromatic carbocycles. The molecule has 7 heteroatoms. The van der Waals surface area contributed by atoms with Crippen LogP contribution in [0, 0.1) is 11.8 Å². The van der Waals surface area contributed by atoms with Crippen LogP contribution in [0.5, 0.6) is 0 Å². The first-order valence-electron chi connectivity index (χ1n) is 8.26. The number of amides is 2. The standard InChI is InChI=1S/C15H28N6O/c1-10(2)12-6-5-7-13(9-8-12)17-15(22)16-11(3)14-18-19-20-21(14)4/h10-13H,5-9H2,1-4H3,(H2,16,17,22). The zero-order valence-electron chi connectivity index (χ0n) is 14.0. The van der Waals surface area contributed by atoms with Gasteiger partial charge in [0.05, 0.1) is 6.04 Å². The molecule has 1 aliphatic rings. The molecule has 3 unspecified atom stereocenters. The van der Waals surface area contributed by atoms with Crippen LogP contribution in [0.1, 0.15) is 64.7 Å². The van der Waals surface area contributed by atoms with E-state index in [1.165, 1.54) is 19.3 Å². The quantitative estimate of drug-likeness (QED) is 0.835. The second-order valence-corrected chi connectivity index (χ2v) is 6.71. The van der Waals surface area contributed by atoms with Gasteiger partial charge in [-0.15, -0.1) is 5.10 Å². The third kappa shape index (κ3) is 4.42. The maximum absolute atomic E-state index is 12.2. The summed E-state index contributed by atoms with van der Waals surface area (Å²) in [7, 11) is 1.77. The molecule has 1 fully saturated rings. The number of carbonyl (C=O) groups is 1. The minimum absolute atomic E-state index is 0.136. The Kier molecular flexibility index (Phi) is 5.74. The van der Waals surface area contributed by atoms with Gasteiger partial charge in [0.2, 0.25) is 0 Å². The van der Waals surface area contributed by atoms with Gasteiger partial charge in [0, 0.05) is 13.1 Å². The molecule has 0 aliphatic heterocycles. The first-order valence-corrected chi connectivity index (χ1v) is 8.26. The lowest BCUT2D eigenvalue weighted by atomic mass is 9.89. The third-order valence-corrected chi connectivity index (χ3v) is 4.68. The molecular formula is C15H28N6O. The van der Waals surface area contributed by atoms with Gasteiger partial charge < -0.3 is 10.6 Å². The molecule has 124 valence electrons. The second kappa shape index (κ2) is 7.56. The summed E-state index contributed by atoms with van der Waals surface area (Å²) in [5.74, 6) is 2.17. The topological polar surface area (TPSA) is 84.7 Å². The maximum Gasteiger partial charge on any atom is 0.315 e. The Balaban J connectivity index is 1.81. The van der Waals surface area contributed by atoms with Gasteiger partial charge in [0.25, 0.3) is 0 Å². The number of nitrogens with one attached hydrogen (secondary N) is 2. The Hall–Kier alpha value is -1.66. The Labute approximate surface area is 132 Å². The first-order chi connectivity index (χ1) is 10.5. The number of urea groups is 1. The molecule has 2 N–H and O–H groups in total. The number of nitrogens with zero attached hydrogens (tertiary/aromatic N) is 4. The van der Waals surface area contributed by atoms with Crippen LogP contribution in [0.3, 0.4) is 0 Å². The summed E-state index contributed by atoms with van der Waals surface area (Å²) in [5.41, 5.74) is 0. The number of aromatic nitrogens is 4. The summed E-state index contributed by atoms with van der Waals surface area (Å²) >= 11 is 0. The molecule has 0 bridgehead atoms. The Morgan fingerprint density at radius 2 is 2.00 bits per heavy atom. The summed E-state index contributed by atoms with van der Waals surface area (Å²) in [6.07, 6.45) is 5.80. The smallest absolute Gasteiger partial charge is 0.315 e. The molecule has 2 rings (SSSR count). The number of hydrogen-bond acceptors (Lipinski definition) is 4. The largest absolute Gasteiger partial charge is 0.335 e. The molecule has 2 amide bonds. The number of rotatable bonds is 4. The molecule has 7 nitrogen and oxygen atoms in total. The number of aryl methyl sites for hydroxylation is 1. The van der Waals surface area contributed by atoms with Crippen molar-refractivity contribution in [3.05, 3.63) is 5.82 Å². The van der Waals surface area contributed by atoms with Crippen LogP contribution < -0.4 is 10.6 Å². The minimum atomic E-state index is -0.214. The predicted octanol–water partition coefficient (Wildman–Crippen LogP) is 2.18. The van der Waals surface area contributed by atoms with Crippen molar-refractivity contribution in [2.75, 3.05) is 0 Å². The van der Waals surface area contributed by atoms with Crippen LogP contribution in [-0.4, -0.2) is 32.3 Å². The van der Waals surface area contributed by atoms with E-state index in [0.717, 1.165) is 24.7 Å². The van der Waals surface area contributed by atoms with Gasteiger partial charge in [-0.05, 0) is 48.4 Å². The molecule has 22 heavy (non-hydrogen) atoms. The van der Waals surface area contributed by atoms with Crippen molar-refractivity contribution in [1.29, 1.82) is 0 Å².